The van der Waals surface area contributed by atoms with Crippen LogP contribution in [0.4, 0.5) is 0 Å². The lowest BCUT2D eigenvalue weighted by atomic mass is 9.87. The van der Waals surface area contributed by atoms with Crippen LogP contribution >= 0.6 is 0 Å². The molecule has 0 aliphatic heterocycles. The predicted molar refractivity (Wildman–Crippen MR) is 84.8 cm³/mol. The Balaban J connectivity index is 2.14. The molecular formula is C15H33NO3Si. The summed E-state index contributed by atoms with van der Waals surface area (Å²) in [7, 11) is 2.64. The number of hydrogen-bond donors (Lipinski definition) is 1. The molecule has 1 N–H and O–H groups in total. The third kappa shape index (κ3) is 6.22. The molecule has 20 heavy (non-hydrogen) atoms. The Morgan fingerprint density at radius 2 is 1.65 bits per heavy atom. The van der Waals surface area contributed by atoms with Crippen LogP contribution in [0, 0.1) is 11.8 Å². The molecule has 0 saturated heterocycles. The topological polar surface area (TPSA) is 39.7 Å². The number of hydrogen-bond acceptors (Lipinski definition) is 4. The Morgan fingerprint density at radius 1 is 1.05 bits per heavy atom. The molecule has 0 bridgehead atoms. The van der Waals surface area contributed by atoms with Gasteiger partial charge >= 0.3 is 8.80 Å². The van der Waals surface area contributed by atoms with Gasteiger partial charge in [0.15, 0.2) is 0 Å². The molecule has 4 nitrogen and oxygen atoms in total. The Morgan fingerprint density at radius 3 is 2.20 bits per heavy atom. The summed E-state index contributed by atoms with van der Waals surface area (Å²) in [6.07, 6.45) is 8.51. The minimum absolute atomic E-state index is 0.507. The molecule has 1 fully saturated rings. The normalized spacial score (nSPS) is 19.2. The van der Waals surface area contributed by atoms with Gasteiger partial charge in [0.25, 0.3) is 0 Å². The summed E-state index contributed by atoms with van der Waals surface area (Å²) in [5.41, 5.74) is 0. The van der Waals surface area contributed by atoms with Crippen LogP contribution in [0.3, 0.4) is 0 Å². The van der Waals surface area contributed by atoms with Crippen LogP contribution in [0.5, 0.6) is 0 Å². The maximum Gasteiger partial charge on any atom is 0.500 e. The van der Waals surface area contributed by atoms with E-state index in [0.717, 1.165) is 25.1 Å². The van der Waals surface area contributed by atoms with Gasteiger partial charge in [0.2, 0.25) is 0 Å². The van der Waals surface area contributed by atoms with Crippen molar-refractivity contribution in [3.05, 3.63) is 0 Å². The molecule has 5 heteroatoms. The van der Waals surface area contributed by atoms with Crippen molar-refractivity contribution >= 4 is 8.80 Å². The molecule has 1 unspecified atom stereocenters. The van der Waals surface area contributed by atoms with Crippen LogP contribution in [0.2, 0.25) is 6.04 Å². The highest BCUT2D eigenvalue weighted by Crippen LogP contribution is 2.25. The van der Waals surface area contributed by atoms with Gasteiger partial charge in [0, 0.05) is 27.4 Å². The smallest absolute Gasteiger partial charge is 0.377 e. The van der Waals surface area contributed by atoms with Crippen LogP contribution in [0.1, 0.15) is 45.4 Å². The zero-order valence-electron chi connectivity index (χ0n) is 13.7. The maximum absolute atomic E-state index is 5.48. The average Bonchev–Trinajstić information content (AvgIpc) is 2.50. The molecule has 1 aliphatic rings. The first kappa shape index (κ1) is 18.1. The zero-order chi connectivity index (χ0) is 14.8. The summed E-state index contributed by atoms with van der Waals surface area (Å²) in [5, 5.41) is 3.58. The lowest BCUT2D eigenvalue weighted by Crippen LogP contribution is -2.45. The van der Waals surface area contributed by atoms with Crippen molar-refractivity contribution in [2.24, 2.45) is 11.8 Å². The van der Waals surface area contributed by atoms with E-state index < -0.39 is 8.80 Å². The molecule has 1 rings (SSSR count). The molecular weight excluding hydrogens is 270 g/mol. The Hall–Kier alpha value is 0.0569. The van der Waals surface area contributed by atoms with Crippen LogP contribution in [-0.2, 0) is 13.3 Å². The van der Waals surface area contributed by atoms with Crippen molar-refractivity contribution in [1.29, 1.82) is 0 Å². The third-order valence-electron chi connectivity index (χ3n) is 4.48. The van der Waals surface area contributed by atoms with E-state index in [9.17, 15) is 0 Å². The van der Waals surface area contributed by atoms with Crippen molar-refractivity contribution in [2.45, 2.75) is 51.5 Å². The molecule has 0 aromatic heterocycles. The van der Waals surface area contributed by atoms with Crippen LogP contribution in [0.15, 0.2) is 0 Å². The fourth-order valence-electron chi connectivity index (χ4n) is 3.13. The molecule has 0 aromatic rings. The molecule has 0 heterocycles. The molecule has 1 saturated carbocycles. The van der Waals surface area contributed by atoms with Crippen molar-refractivity contribution in [1.82, 2.24) is 5.32 Å². The summed E-state index contributed by atoms with van der Waals surface area (Å²) in [4.78, 5) is 0. The van der Waals surface area contributed by atoms with Gasteiger partial charge in [-0.2, -0.15) is 0 Å². The van der Waals surface area contributed by atoms with E-state index >= 15 is 0 Å². The summed E-state index contributed by atoms with van der Waals surface area (Å²) < 4.78 is 16.4. The highest BCUT2D eigenvalue weighted by atomic mass is 28.4. The van der Waals surface area contributed by atoms with Crippen molar-refractivity contribution in [2.75, 3.05) is 34.4 Å². The van der Waals surface area contributed by atoms with Gasteiger partial charge < -0.3 is 18.6 Å². The highest BCUT2D eigenvalue weighted by molar-refractivity contribution is 6.60. The lowest BCUT2D eigenvalue weighted by molar-refractivity contribution is 0.118. The van der Waals surface area contributed by atoms with Crippen molar-refractivity contribution in [3.63, 3.8) is 0 Å². The molecule has 0 spiro atoms. The SMILES string of the molecule is CO[Si](CC(C)CNCCC1CCCCC1)(OC)OC. The van der Waals surface area contributed by atoms with Gasteiger partial charge in [-0.1, -0.05) is 39.0 Å². The summed E-state index contributed by atoms with van der Waals surface area (Å²) in [6.45, 7) is 4.38. The standard InChI is InChI=1S/C15H33NO3Si/c1-14(13-20(17-2,18-3)19-4)12-16-11-10-15-8-6-5-7-9-15/h14-16H,5-13H2,1-4H3. The predicted octanol–water partition coefficient (Wildman–Crippen LogP) is 3.06. The molecule has 0 amide bonds. The summed E-state index contributed by atoms with van der Waals surface area (Å²) in [5.74, 6) is 1.46. The average molecular weight is 304 g/mol. The fraction of sp³-hybridized carbons (Fsp3) is 1.00. The molecule has 0 radical (unpaired) electrons. The fourth-order valence-corrected chi connectivity index (χ4v) is 5.13. The van der Waals surface area contributed by atoms with Crippen molar-refractivity contribution < 1.29 is 13.3 Å². The zero-order valence-corrected chi connectivity index (χ0v) is 14.7. The van der Waals surface area contributed by atoms with E-state index in [-0.39, 0.29) is 0 Å². The van der Waals surface area contributed by atoms with Gasteiger partial charge in [-0.25, -0.2) is 0 Å². The van der Waals surface area contributed by atoms with Crippen LogP contribution < -0.4 is 5.32 Å². The summed E-state index contributed by atoms with van der Waals surface area (Å²) >= 11 is 0. The Bertz CT molecular complexity index is 235. The quantitative estimate of drug-likeness (QED) is 0.497. The van der Waals surface area contributed by atoms with Gasteiger partial charge in [-0.05, 0) is 31.3 Å². The molecule has 0 aromatic carbocycles. The minimum atomic E-state index is -2.41. The largest absolute Gasteiger partial charge is 0.500 e. The van der Waals surface area contributed by atoms with E-state index in [1.54, 1.807) is 21.3 Å². The van der Waals surface area contributed by atoms with E-state index in [4.69, 9.17) is 13.3 Å². The Labute approximate surface area is 125 Å². The molecule has 1 aliphatic carbocycles. The van der Waals surface area contributed by atoms with Crippen molar-refractivity contribution in [3.8, 4) is 0 Å². The first-order valence-electron chi connectivity index (χ1n) is 8.02. The lowest BCUT2D eigenvalue weighted by Gasteiger charge is -2.27. The van der Waals surface area contributed by atoms with Gasteiger partial charge in [-0.3, -0.25) is 0 Å². The highest BCUT2D eigenvalue weighted by Gasteiger charge is 2.39. The van der Waals surface area contributed by atoms with Crippen LogP contribution in [-0.4, -0.2) is 43.2 Å². The maximum atomic E-state index is 5.48. The molecule has 120 valence electrons. The minimum Gasteiger partial charge on any atom is -0.377 e. The number of rotatable bonds is 10. The van der Waals surface area contributed by atoms with Gasteiger partial charge in [0.05, 0.1) is 0 Å². The van der Waals surface area contributed by atoms with Gasteiger partial charge in [-0.15, -0.1) is 0 Å². The second-order valence-corrected chi connectivity index (χ2v) is 9.10. The number of nitrogens with one attached hydrogen (secondary N) is 1. The van der Waals surface area contributed by atoms with Gasteiger partial charge in [0.1, 0.15) is 0 Å². The third-order valence-corrected chi connectivity index (χ3v) is 7.54. The second kappa shape index (κ2) is 9.90. The monoisotopic (exact) mass is 303 g/mol. The first-order chi connectivity index (χ1) is 9.65. The Kier molecular flexibility index (Phi) is 8.96. The first-order valence-corrected chi connectivity index (χ1v) is 9.95. The van der Waals surface area contributed by atoms with Crippen LogP contribution in [0.25, 0.3) is 0 Å². The van der Waals surface area contributed by atoms with E-state index in [1.807, 2.05) is 0 Å². The molecule has 1 atom stereocenters. The summed E-state index contributed by atoms with van der Waals surface area (Å²) in [6, 6.07) is 0.868. The van der Waals surface area contributed by atoms with E-state index in [0.29, 0.717) is 5.92 Å². The second-order valence-electron chi connectivity index (χ2n) is 6.10. The van der Waals surface area contributed by atoms with E-state index in [2.05, 4.69) is 12.2 Å². The van der Waals surface area contributed by atoms with E-state index in [1.165, 1.54) is 38.5 Å².